The van der Waals surface area contributed by atoms with Crippen LogP contribution in [0.5, 0.6) is 0 Å². The molecule has 0 atom stereocenters. The minimum atomic E-state index is -3.49. The Labute approximate surface area is 122 Å². The van der Waals surface area contributed by atoms with Gasteiger partial charge in [-0.25, -0.2) is 18.1 Å². The molecule has 1 aromatic carbocycles. The molecule has 1 aromatic heterocycles. The van der Waals surface area contributed by atoms with E-state index in [9.17, 15) is 8.42 Å². The van der Waals surface area contributed by atoms with Gasteiger partial charge in [-0.15, -0.1) is 11.3 Å². The Balaban J connectivity index is 1.96. The van der Waals surface area contributed by atoms with Gasteiger partial charge >= 0.3 is 0 Å². The molecular formula is C12H16N4O2S2. The van der Waals surface area contributed by atoms with Gasteiger partial charge in [0.25, 0.3) is 0 Å². The number of nitrogen functional groups attached to an aromatic ring is 1. The van der Waals surface area contributed by atoms with Crippen LogP contribution in [0.3, 0.4) is 0 Å². The van der Waals surface area contributed by atoms with Crippen molar-refractivity contribution in [2.75, 3.05) is 12.0 Å². The van der Waals surface area contributed by atoms with Crippen molar-refractivity contribution in [1.29, 1.82) is 0 Å². The number of aryl methyl sites for hydroxylation is 1. The molecule has 0 saturated carbocycles. The first-order valence-electron chi connectivity index (χ1n) is 5.98. The van der Waals surface area contributed by atoms with Crippen molar-refractivity contribution in [3.8, 4) is 0 Å². The minimum absolute atomic E-state index is 0.214. The van der Waals surface area contributed by atoms with Gasteiger partial charge in [-0.2, -0.15) is 0 Å². The predicted octanol–water partition coefficient (Wildman–Crippen LogP) is 1.26. The number of benzene rings is 1. The van der Waals surface area contributed by atoms with Gasteiger partial charge in [-0.3, -0.25) is 5.84 Å². The number of thiazole rings is 1. The van der Waals surface area contributed by atoms with Crippen molar-refractivity contribution < 1.29 is 8.42 Å². The molecule has 0 amide bonds. The van der Waals surface area contributed by atoms with Crippen LogP contribution in [-0.2, 0) is 16.4 Å². The maximum atomic E-state index is 12.0. The second kappa shape index (κ2) is 6.31. The highest BCUT2D eigenvalue weighted by Crippen LogP contribution is 2.13. The third-order valence-corrected chi connectivity index (χ3v) is 4.97. The molecule has 0 aliphatic carbocycles. The molecule has 0 unspecified atom stereocenters. The fourth-order valence-corrected chi connectivity index (χ4v) is 3.33. The molecule has 1 heterocycles. The number of sulfonamides is 1. The molecule has 2 rings (SSSR count). The van der Waals surface area contributed by atoms with Gasteiger partial charge in [-0.1, -0.05) is 0 Å². The van der Waals surface area contributed by atoms with E-state index in [1.165, 1.54) is 12.1 Å². The Morgan fingerprint density at radius 1 is 1.30 bits per heavy atom. The molecule has 0 radical (unpaired) electrons. The Morgan fingerprint density at radius 3 is 2.55 bits per heavy atom. The van der Waals surface area contributed by atoms with E-state index in [1.807, 2.05) is 12.3 Å². The van der Waals surface area contributed by atoms with Crippen molar-refractivity contribution in [2.24, 2.45) is 5.84 Å². The fraction of sp³-hybridized carbons (Fsp3) is 0.250. The highest BCUT2D eigenvalue weighted by Gasteiger charge is 2.13. The van der Waals surface area contributed by atoms with Gasteiger partial charge in [0.2, 0.25) is 10.0 Å². The van der Waals surface area contributed by atoms with Gasteiger partial charge in [0.15, 0.2) is 0 Å². The zero-order valence-electron chi connectivity index (χ0n) is 11.0. The summed E-state index contributed by atoms with van der Waals surface area (Å²) in [5.41, 5.74) is 4.01. The molecule has 20 heavy (non-hydrogen) atoms. The van der Waals surface area contributed by atoms with Gasteiger partial charge in [0, 0.05) is 24.0 Å². The highest BCUT2D eigenvalue weighted by molar-refractivity contribution is 7.89. The van der Waals surface area contributed by atoms with Crippen LogP contribution in [0.4, 0.5) is 5.69 Å². The Bertz CT molecular complexity index is 665. The van der Waals surface area contributed by atoms with Crippen LogP contribution in [0.15, 0.2) is 34.5 Å². The van der Waals surface area contributed by atoms with Crippen molar-refractivity contribution in [3.05, 3.63) is 40.3 Å². The summed E-state index contributed by atoms with van der Waals surface area (Å²) in [5.74, 6) is 5.23. The lowest BCUT2D eigenvalue weighted by Crippen LogP contribution is -2.26. The second-order valence-electron chi connectivity index (χ2n) is 4.17. The summed E-state index contributed by atoms with van der Waals surface area (Å²) in [5, 5.41) is 2.92. The summed E-state index contributed by atoms with van der Waals surface area (Å²) in [6.07, 6.45) is 0.575. The molecule has 0 spiro atoms. The summed E-state index contributed by atoms with van der Waals surface area (Å²) >= 11 is 1.56. The first-order valence-corrected chi connectivity index (χ1v) is 8.35. The average Bonchev–Trinajstić information content (AvgIpc) is 2.84. The van der Waals surface area contributed by atoms with Crippen LogP contribution >= 0.6 is 11.3 Å². The number of aromatic nitrogens is 1. The monoisotopic (exact) mass is 312 g/mol. The third-order valence-electron chi connectivity index (χ3n) is 2.67. The topological polar surface area (TPSA) is 97.1 Å². The minimum Gasteiger partial charge on any atom is -0.324 e. The van der Waals surface area contributed by atoms with Crippen molar-refractivity contribution in [3.63, 3.8) is 0 Å². The van der Waals surface area contributed by atoms with Crippen molar-refractivity contribution in [1.82, 2.24) is 9.71 Å². The Morgan fingerprint density at radius 2 is 2.00 bits per heavy atom. The summed E-state index contributed by atoms with van der Waals surface area (Å²) in [7, 11) is -3.49. The lowest BCUT2D eigenvalue weighted by atomic mass is 10.3. The fourth-order valence-electron chi connectivity index (χ4n) is 1.65. The lowest BCUT2D eigenvalue weighted by Gasteiger charge is -2.07. The number of nitrogens with one attached hydrogen (secondary N) is 2. The Kier molecular flexibility index (Phi) is 4.71. The van der Waals surface area contributed by atoms with E-state index < -0.39 is 10.0 Å². The molecule has 2 aromatic rings. The maximum Gasteiger partial charge on any atom is 0.240 e. The third kappa shape index (κ3) is 3.76. The largest absolute Gasteiger partial charge is 0.324 e. The highest BCUT2D eigenvalue weighted by atomic mass is 32.2. The maximum absolute atomic E-state index is 12.0. The van der Waals surface area contributed by atoms with E-state index in [2.05, 4.69) is 15.1 Å². The molecule has 0 aliphatic heterocycles. The average molecular weight is 312 g/mol. The zero-order chi connectivity index (χ0) is 14.6. The van der Waals surface area contributed by atoms with E-state index >= 15 is 0 Å². The number of nitrogens with zero attached hydrogens (tertiary/aromatic N) is 1. The van der Waals surface area contributed by atoms with E-state index in [0.717, 1.165) is 10.7 Å². The summed E-state index contributed by atoms with van der Waals surface area (Å²) in [4.78, 5) is 4.50. The first-order chi connectivity index (χ1) is 9.51. The van der Waals surface area contributed by atoms with Crippen LogP contribution in [-0.4, -0.2) is 19.9 Å². The molecular weight excluding hydrogens is 296 g/mol. The molecule has 4 N–H and O–H groups in total. The van der Waals surface area contributed by atoms with E-state index in [-0.39, 0.29) is 4.90 Å². The van der Waals surface area contributed by atoms with Gasteiger partial charge < -0.3 is 5.43 Å². The molecule has 108 valence electrons. The van der Waals surface area contributed by atoms with Crippen LogP contribution in [0, 0.1) is 6.92 Å². The first kappa shape index (κ1) is 14.9. The van der Waals surface area contributed by atoms with Crippen molar-refractivity contribution in [2.45, 2.75) is 18.2 Å². The van der Waals surface area contributed by atoms with Gasteiger partial charge in [0.1, 0.15) is 0 Å². The SMILES string of the molecule is Cc1nc(CCNS(=O)(=O)c2ccc(NN)cc2)cs1. The number of nitrogens with two attached hydrogens (primary N) is 1. The van der Waals surface area contributed by atoms with Gasteiger partial charge in [0.05, 0.1) is 15.6 Å². The molecule has 8 heteroatoms. The molecule has 0 aliphatic rings. The number of rotatable bonds is 6. The number of hydrogen-bond donors (Lipinski definition) is 3. The van der Waals surface area contributed by atoms with Gasteiger partial charge in [-0.05, 0) is 31.2 Å². The van der Waals surface area contributed by atoms with Crippen LogP contribution in [0.1, 0.15) is 10.7 Å². The predicted molar refractivity (Wildman–Crippen MR) is 80.0 cm³/mol. The normalized spacial score (nSPS) is 11.5. The van der Waals surface area contributed by atoms with Crippen LogP contribution in [0.25, 0.3) is 0 Å². The Hall–Kier alpha value is -1.48. The molecule has 0 saturated heterocycles. The van der Waals surface area contributed by atoms with E-state index in [4.69, 9.17) is 5.84 Å². The van der Waals surface area contributed by atoms with Crippen LogP contribution in [0.2, 0.25) is 0 Å². The number of anilines is 1. The smallest absolute Gasteiger partial charge is 0.240 e. The number of hydrazine groups is 1. The summed E-state index contributed by atoms with van der Waals surface area (Å²) < 4.78 is 26.6. The molecule has 6 nitrogen and oxygen atoms in total. The quantitative estimate of drug-likeness (QED) is 0.551. The van der Waals surface area contributed by atoms with Crippen LogP contribution < -0.4 is 16.0 Å². The zero-order valence-corrected chi connectivity index (χ0v) is 12.6. The number of hydrogen-bond acceptors (Lipinski definition) is 6. The summed E-state index contributed by atoms with van der Waals surface area (Å²) in [6.45, 7) is 2.24. The van der Waals surface area contributed by atoms with E-state index in [1.54, 1.807) is 23.5 Å². The lowest BCUT2D eigenvalue weighted by molar-refractivity contribution is 0.581. The standard InChI is InChI=1S/C12H16N4O2S2/c1-9-15-11(8-19-9)6-7-14-20(17,18)12-4-2-10(16-13)3-5-12/h2-5,8,14,16H,6-7,13H2,1H3. The van der Waals surface area contributed by atoms with Crippen molar-refractivity contribution >= 4 is 27.0 Å². The molecule has 0 bridgehead atoms. The second-order valence-corrected chi connectivity index (χ2v) is 7.00. The summed E-state index contributed by atoms with van der Waals surface area (Å²) in [6, 6.07) is 6.23. The molecule has 0 fully saturated rings. The van der Waals surface area contributed by atoms with E-state index in [0.29, 0.717) is 18.7 Å².